The number of carboxylic acid groups (broad SMARTS) is 3. The van der Waals surface area contributed by atoms with Gasteiger partial charge in [0.1, 0.15) is 18.2 Å². The van der Waals surface area contributed by atoms with Gasteiger partial charge in [-0.25, -0.2) is 9.59 Å². The molecule has 0 fully saturated rings. The van der Waals surface area contributed by atoms with Crippen LogP contribution in [-0.2, 0) is 14.4 Å². The monoisotopic (exact) mass is 423 g/mol. The molecule has 0 aliphatic heterocycles. The van der Waals surface area contributed by atoms with Gasteiger partial charge in [-0.2, -0.15) is 0 Å². The summed E-state index contributed by atoms with van der Waals surface area (Å²) in [7, 11) is 0. The molecule has 0 saturated carbocycles. The summed E-state index contributed by atoms with van der Waals surface area (Å²) < 4.78 is 0. The second-order valence-electron chi connectivity index (χ2n) is 4.94. The number of aliphatic hydroxyl groups is 4. The number of aliphatic hydroxyl groups excluding tert-OH is 4. The summed E-state index contributed by atoms with van der Waals surface area (Å²) in [6.07, 6.45) is -8.33. The van der Waals surface area contributed by atoms with E-state index in [9.17, 15) is 14.4 Å². The van der Waals surface area contributed by atoms with E-state index >= 15 is 0 Å². The molecule has 0 bridgehead atoms. The predicted octanol–water partition coefficient (Wildman–Crippen LogP) is -5.33. The van der Waals surface area contributed by atoms with E-state index in [1.165, 1.54) is 0 Å². The fourth-order valence-electron chi connectivity index (χ4n) is 1.31. The van der Waals surface area contributed by atoms with Gasteiger partial charge in [0.25, 0.3) is 0 Å². The maximum absolute atomic E-state index is 10.2. The van der Waals surface area contributed by atoms with Crippen LogP contribution < -0.4 is 17.2 Å². The predicted molar refractivity (Wildman–Crippen MR) is 90.6 cm³/mol. The van der Waals surface area contributed by atoms with Crippen molar-refractivity contribution in [3.63, 3.8) is 0 Å². The normalized spacial score (nSPS) is 15.4. The number of rotatable bonds is 10. The Labute approximate surface area is 196 Å². The molecule has 13 N–H and O–H groups in total. The zero-order valence-corrected chi connectivity index (χ0v) is 17.7. The van der Waals surface area contributed by atoms with Crippen LogP contribution in [0.25, 0.3) is 0 Å². The molecule has 0 spiro atoms. The number of guanidine groups is 1. The second kappa shape index (κ2) is 16.1. The number of nitrogens with two attached hydrogens (primary N) is 3. The summed E-state index contributed by atoms with van der Waals surface area (Å²) in [6.45, 7) is 0.420. The van der Waals surface area contributed by atoms with Crippen LogP contribution in [0.5, 0.6) is 0 Å². The van der Waals surface area contributed by atoms with Gasteiger partial charge in [-0.15, -0.1) is 0 Å². The van der Waals surface area contributed by atoms with Crippen LogP contribution in [0.1, 0.15) is 12.8 Å². The van der Waals surface area contributed by atoms with Crippen LogP contribution in [0.15, 0.2) is 4.99 Å². The summed E-state index contributed by atoms with van der Waals surface area (Å²) in [4.78, 5) is 34.1. The van der Waals surface area contributed by atoms with Crippen LogP contribution in [-0.4, -0.2) is 148 Å². The Hall–Kier alpha value is -0.884. The molecule has 14 nitrogen and oxygen atoms in total. The quantitative estimate of drug-likeness (QED) is 0.0680. The van der Waals surface area contributed by atoms with Crippen LogP contribution in [0.3, 0.4) is 0 Å². The molecule has 0 rings (SSSR count). The fourth-order valence-corrected chi connectivity index (χ4v) is 1.31. The van der Waals surface area contributed by atoms with Crippen molar-refractivity contribution in [1.82, 2.24) is 0 Å². The maximum Gasteiger partial charge on any atom is 0.335 e. The molecule has 27 heavy (non-hydrogen) atoms. The summed E-state index contributed by atoms with van der Waals surface area (Å²) in [5, 5.41) is 59.8. The van der Waals surface area contributed by atoms with Crippen LogP contribution in [0, 0.1) is 0 Å². The van der Waals surface area contributed by atoms with E-state index in [2.05, 4.69) is 4.99 Å². The number of aliphatic carboxylic acids is 3. The summed E-state index contributed by atoms with van der Waals surface area (Å²) in [5.41, 5.74) is 15.3. The third kappa shape index (κ3) is 14.8. The first-order valence-corrected chi connectivity index (χ1v) is 7.04. The summed E-state index contributed by atoms with van der Waals surface area (Å²) in [5.74, 6) is -4.66. The van der Waals surface area contributed by atoms with Crippen molar-refractivity contribution in [3.05, 3.63) is 0 Å². The van der Waals surface area contributed by atoms with E-state index in [4.69, 9.17) is 52.9 Å². The van der Waals surface area contributed by atoms with E-state index in [0.717, 1.165) is 0 Å². The van der Waals surface area contributed by atoms with Crippen molar-refractivity contribution in [2.75, 3.05) is 6.54 Å². The molecule has 0 aliphatic rings. The number of carboxylic acids is 3. The van der Waals surface area contributed by atoms with E-state index in [1.807, 2.05) is 0 Å². The van der Waals surface area contributed by atoms with E-state index < -0.39 is 48.4 Å². The van der Waals surface area contributed by atoms with E-state index in [-0.39, 0.29) is 57.3 Å². The molecule has 5 atom stereocenters. The number of nitrogens with zero attached hydrogens (tertiary/aromatic N) is 1. The van der Waals surface area contributed by atoms with Crippen LogP contribution in [0.2, 0.25) is 0 Å². The Kier molecular flexibility index (Phi) is 18.4. The molecular formula is C12H24KN4O10. The van der Waals surface area contributed by atoms with Gasteiger partial charge in [0.05, 0.1) is 0 Å². The van der Waals surface area contributed by atoms with Crippen LogP contribution in [0.4, 0.5) is 0 Å². The molecule has 15 heteroatoms. The topological polar surface area (TPSA) is 283 Å². The molecule has 0 aromatic heterocycles. The summed E-state index contributed by atoms with van der Waals surface area (Å²) >= 11 is 0. The first-order valence-electron chi connectivity index (χ1n) is 7.04. The van der Waals surface area contributed by atoms with Crippen LogP contribution >= 0.6 is 0 Å². The molecule has 0 aromatic rings. The average molecular weight is 423 g/mol. The number of aliphatic imine (C=N–C) groups is 1. The van der Waals surface area contributed by atoms with Gasteiger partial charge in [0.15, 0.2) is 18.2 Å². The SMILES string of the molecule is NC(N)=NCCC[C@H](N)C(=O)O.O=C(O)[C@@H](O)[C@@H](O)[C@H](O)[C@@H](O)C(=O)O.[K]. The van der Waals surface area contributed by atoms with Gasteiger partial charge in [-0.05, 0) is 12.8 Å². The van der Waals surface area contributed by atoms with Gasteiger partial charge in [-0.3, -0.25) is 9.79 Å². The zero-order valence-electron chi connectivity index (χ0n) is 14.5. The molecular weight excluding hydrogens is 399 g/mol. The van der Waals surface area contributed by atoms with Crippen molar-refractivity contribution >= 4 is 75.3 Å². The molecule has 1 radical (unpaired) electrons. The fraction of sp³-hybridized carbons (Fsp3) is 0.667. The van der Waals surface area contributed by atoms with Gasteiger partial charge < -0.3 is 52.9 Å². The van der Waals surface area contributed by atoms with Crippen molar-refractivity contribution in [2.24, 2.45) is 22.2 Å². The van der Waals surface area contributed by atoms with Crippen molar-refractivity contribution in [2.45, 2.75) is 43.3 Å². The maximum atomic E-state index is 10.2. The first-order chi connectivity index (χ1) is 11.8. The molecule has 0 amide bonds. The van der Waals surface area contributed by atoms with Crippen molar-refractivity contribution in [3.8, 4) is 0 Å². The van der Waals surface area contributed by atoms with E-state index in [1.54, 1.807) is 0 Å². The Bertz CT molecular complexity index is 479. The Balaban J connectivity index is -0.000000416. The standard InChI is InChI=1S/C6H14N4O2.C6H10O8.K/c7-4(5(11)12)2-1-3-10-6(8)9;7-1(3(9)5(11)12)2(8)4(10)6(13)14;/h4H,1-3,7H2,(H,11,12)(H4,8,9,10);1-4,7-10H,(H,11,12)(H,13,14);/t4-;1-,2-,3-,4+;/m00./s1. The molecule has 0 saturated heterocycles. The Morgan fingerprint density at radius 1 is 0.815 bits per heavy atom. The molecule has 0 unspecified atom stereocenters. The minimum Gasteiger partial charge on any atom is -0.480 e. The summed E-state index contributed by atoms with van der Waals surface area (Å²) in [6, 6.07) is -0.820. The number of hydrogen-bond acceptors (Lipinski definition) is 9. The Morgan fingerprint density at radius 2 is 1.19 bits per heavy atom. The molecule has 153 valence electrons. The largest absolute Gasteiger partial charge is 0.480 e. The molecule has 0 aromatic carbocycles. The van der Waals surface area contributed by atoms with Crippen molar-refractivity contribution in [1.29, 1.82) is 0 Å². The Morgan fingerprint density at radius 3 is 1.44 bits per heavy atom. The smallest absolute Gasteiger partial charge is 0.335 e. The average Bonchev–Trinajstić information content (AvgIpc) is 2.55. The van der Waals surface area contributed by atoms with Gasteiger partial charge in [0.2, 0.25) is 0 Å². The molecule has 0 heterocycles. The van der Waals surface area contributed by atoms with Gasteiger partial charge in [-0.1, -0.05) is 0 Å². The molecule has 0 aliphatic carbocycles. The van der Waals surface area contributed by atoms with Crippen molar-refractivity contribution < 1.29 is 50.1 Å². The third-order valence-electron chi connectivity index (χ3n) is 2.79. The minimum atomic E-state index is -2.36. The second-order valence-corrected chi connectivity index (χ2v) is 4.94. The number of hydrogen-bond donors (Lipinski definition) is 10. The van der Waals surface area contributed by atoms with Gasteiger partial charge in [0, 0.05) is 57.9 Å². The minimum absolute atomic E-state index is 0. The number of carbonyl (C=O) groups is 3. The zero-order chi connectivity index (χ0) is 21.0. The van der Waals surface area contributed by atoms with E-state index in [0.29, 0.717) is 19.4 Å². The van der Waals surface area contributed by atoms with Gasteiger partial charge >= 0.3 is 17.9 Å². The third-order valence-corrected chi connectivity index (χ3v) is 2.79. The first kappa shape index (κ1) is 30.8.